The van der Waals surface area contributed by atoms with Crippen molar-refractivity contribution in [2.75, 3.05) is 13.2 Å². The maximum Gasteiger partial charge on any atom is 0.338 e. The van der Waals surface area contributed by atoms with Gasteiger partial charge < -0.3 is 14.2 Å². The van der Waals surface area contributed by atoms with Crippen molar-refractivity contribution in [1.82, 2.24) is 4.57 Å². The largest absolute Gasteiger partial charge is 0.494 e. The highest BCUT2D eigenvalue weighted by molar-refractivity contribution is 7.07. The highest BCUT2D eigenvalue weighted by atomic mass is 35.5. The van der Waals surface area contributed by atoms with E-state index in [1.54, 1.807) is 47.9 Å². The summed E-state index contributed by atoms with van der Waals surface area (Å²) in [6.07, 6.45) is 1.75. The summed E-state index contributed by atoms with van der Waals surface area (Å²) in [5, 5.41) is 1.13. The minimum Gasteiger partial charge on any atom is -0.494 e. The number of esters is 1. The van der Waals surface area contributed by atoms with Crippen LogP contribution in [0, 0.1) is 0 Å². The van der Waals surface area contributed by atoms with E-state index < -0.39 is 12.0 Å². The molecule has 0 radical (unpaired) electrons. The second kappa shape index (κ2) is 14.4. The Kier molecular flexibility index (Phi) is 9.92. The molecule has 0 fully saturated rings. The standard InChI is InChI=1S/C37H30Cl2N2O5S/c1-3-44-29-17-12-25(13-18-29)34-32(36(43)45-4-2)33(24-8-6-5-7-9-24)40-37-41(34)35(42)31(47-37)21-26-20-28(39)16-19-30(26)46-22-23-10-14-27(38)15-11-23/h5-21,34H,3-4,22H2,1-2H3/b31-21-/t34-/m1/s1. The van der Waals surface area contributed by atoms with Gasteiger partial charge in [-0.25, -0.2) is 9.79 Å². The monoisotopic (exact) mass is 684 g/mol. The molecular weight excluding hydrogens is 655 g/mol. The normalized spacial score (nSPS) is 14.4. The Morgan fingerprint density at radius 2 is 1.62 bits per heavy atom. The zero-order valence-corrected chi connectivity index (χ0v) is 27.9. The van der Waals surface area contributed by atoms with Gasteiger partial charge in [0.25, 0.3) is 5.56 Å². The molecule has 0 unspecified atom stereocenters. The van der Waals surface area contributed by atoms with E-state index in [9.17, 15) is 9.59 Å². The van der Waals surface area contributed by atoms with Crippen LogP contribution < -0.4 is 24.4 Å². The smallest absolute Gasteiger partial charge is 0.338 e. The van der Waals surface area contributed by atoms with Crippen molar-refractivity contribution in [1.29, 1.82) is 0 Å². The number of thiazole rings is 1. The number of nitrogens with zero attached hydrogens (tertiary/aromatic N) is 2. The van der Waals surface area contributed by atoms with Gasteiger partial charge in [0.15, 0.2) is 4.80 Å². The van der Waals surface area contributed by atoms with Gasteiger partial charge in [-0.3, -0.25) is 9.36 Å². The second-order valence-electron chi connectivity index (χ2n) is 10.5. The third-order valence-corrected chi connectivity index (χ3v) is 8.92. The summed E-state index contributed by atoms with van der Waals surface area (Å²) in [6.45, 7) is 4.63. The molecule has 1 aromatic heterocycles. The molecule has 1 atom stereocenters. The van der Waals surface area contributed by atoms with E-state index in [-0.39, 0.29) is 17.7 Å². The van der Waals surface area contributed by atoms with Crippen LogP contribution in [-0.2, 0) is 16.1 Å². The summed E-state index contributed by atoms with van der Waals surface area (Å²) >= 11 is 13.7. The Labute approximate surface area is 285 Å². The highest BCUT2D eigenvalue weighted by Gasteiger charge is 2.35. The summed E-state index contributed by atoms with van der Waals surface area (Å²) in [4.78, 5) is 33.4. The lowest BCUT2D eigenvalue weighted by Gasteiger charge is -2.26. The number of aromatic nitrogens is 1. The number of rotatable bonds is 10. The maximum atomic E-state index is 14.3. The Morgan fingerprint density at radius 3 is 2.32 bits per heavy atom. The van der Waals surface area contributed by atoms with Gasteiger partial charge in [0, 0.05) is 21.2 Å². The van der Waals surface area contributed by atoms with E-state index in [1.807, 2.05) is 73.7 Å². The number of ether oxygens (including phenoxy) is 3. The Bertz CT molecular complexity index is 2120. The van der Waals surface area contributed by atoms with Gasteiger partial charge in [-0.2, -0.15) is 0 Å². The number of halogens is 2. The molecule has 0 spiro atoms. The molecule has 6 rings (SSSR count). The lowest BCUT2D eigenvalue weighted by molar-refractivity contribution is -0.138. The molecule has 0 amide bonds. The first-order valence-corrected chi connectivity index (χ1v) is 16.6. The van der Waals surface area contributed by atoms with Crippen molar-refractivity contribution in [2.24, 2.45) is 4.99 Å². The Hall–Kier alpha value is -4.63. The molecule has 238 valence electrons. The predicted octanol–water partition coefficient (Wildman–Crippen LogP) is 7.22. The molecule has 4 aromatic carbocycles. The first kappa shape index (κ1) is 32.3. The molecule has 10 heteroatoms. The number of carbonyl (C=O) groups excluding carboxylic acids is 1. The number of hydrogen-bond donors (Lipinski definition) is 0. The van der Waals surface area contributed by atoms with Crippen LogP contribution in [0.3, 0.4) is 0 Å². The zero-order chi connectivity index (χ0) is 32.9. The molecule has 0 saturated carbocycles. The summed E-state index contributed by atoms with van der Waals surface area (Å²) < 4.78 is 19.4. The van der Waals surface area contributed by atoms with E-state index in [0.29, 0.717) is 60.9 Å². The van der Waals surface area contributed by atoms with E-state index in [2.05, 4.69) is 0 Å². The lowest BCUT2D eigenvalue weighted by atomic mass is 9.93. The van der Waals surface area contributed by atoms with Crippen molar-refractivity contribution in [2.45, 2.75) is 26.5 Å². The average Bonchev–Trinajstić information content (AvgIpc) is 3.39. The van der Waals surface area contributed by atoms with Gasteiger partial charge >= 0.3 is 5.97 Å². The number of fused-ring (bicyclic) bond motifs is 1. The summed E-state index contributed by atoms with van der Waals surface area (Å²) in [7, 11) is 0. The van der Waals surface area contributed by atoms with Crippen LogP contribution in [0.5, 0.6) is 11.5 Å². The van der Waals surface area contributed by atoms with Gasteiger partial charge in [-0.1, -0.05) is 89.1 Å². The maximum absolute atomic E-state index is 14.3. The molecule has 0 N–H and O–H groups in total. The Balaban J connectivity index is 1.52. The van der Waals surface area contributed by atoms with Crippen LogP contribution in [0.2, 0.25) is 10.0 Å². The third-order valence-electron chi connectivity index (χ3n) is 7.45. The van der Waals surface area contributed by atoms with Crippen LogP contribution in [0.1, 0.15) is 42.1 Å². The molecule has 1 aliphatic rings. The molecule has 0 saturated heterocycles. The first-order valence-electron chi connectivity index (χ1n) is 15.0. The van der Waals surface area contributed by atoms with Crippen LogP contribution in [0.15, 0.2) is 112 Å². The first-order chi connectivity index (χ1) is 22.9. The fourth-order valence-electron chi connectivity index (χ4n) is 5.32. The van der Waals surface area contributed by atoms with Gasteiger partial charge in [0.2, 0.25) is 0 Å². The molecule has 47 heavy (non-hydrogen) atoms. The topological polar surface area (TPSA) is 79.1 Å². The van der Waals surface area contributed by atoms with Crippen molar-refractivity contribution in [3.8, 4) is 11.5 Å². The zero-order valence-electron chi connectivity index (χ0n) is 25.6. The second-order valence-corrected chi connectivity index (χ2v) is 12.4. The molecule has 0 aliphatic carbocycles. The molecule has 0 bridgehead atoms. The van der Waals surface area contributed by atoms with Crippen LogP contribution in [-0.4, -0.2) is 23.8 Å². The third kappa shape index (κ3) is 7.05. The van der Waals surface area contributed by atoms with Gasteiger partial charge in [0.1, 0.15) is 18.1 Å². The van der Waals surface area contributed by atoms with Gasteiger partial charge in [-0.15, -0.1) is 0 Å². The summed E-state index contributed by atoms with van der Waals surface area (Å²) in [5.74, 6) is 0.687. The minimum absolute atomic E-state index is 0.165. The highest BCUT2D eigenvalue weighted by Crippen LogP contribution is 2.36. The Morgan fingerprint density at radius 1 is 0.894 bits per heavy atom. The van der Waals surface area contributed by atoms with Crippen molar-refractivity contribution >= 4 is 52.3 Å². The molecule has 2 heterocycles. The number of benzene rings is 4. The lowest BCUT2D eigenvalue weighted by Crippen LogP contribution is -2.40. The van der Waals surface area contributed by atoms with E-state index in [0.717, 1.165) is 11.1 Å². The summed E-state index contributed by atoms with van der Waals surface area (Å²) in [5.41, 5.74) is 3.41. The number of hydrogen-bond acceptors (Lipinski definition) is 7. The molecular formula is C37H30Cl2N2O5S. The van der Waals surface area contributed by atoms with Crippen molar-refractivity contribution in [3.63, 3.8) is 0 Å². The molecule has 5 aromatic rings. The van der Waals surface area contributed by atoms with E-state index >= 15 is 0 Å². The van der Waals surface area contributed by atoms with Gasteiger partial charge in [-0.05, 0) is 73.5 Å². The van der Waals surface area contributed by atoms with E-state index in [4.69, 9.17) is 42.4 Å². The SMILES string of the molecule is CCOC(=O)C1=C(c2ccccc2)N=c2s/c(=C\c3cc(Cl)ccc3OCc3ccc(Cl)cc3)c(=O)n2[C@@H]1c1ccc(OCC)cc1. The fraction of sp³-hybridized carbons (Fsp3) is 0.162. The van der Waals surface area contributed by atoms with Crippen LogP contribution in [0.25, 0.3) is 11.8 Å². The molecule has 1 aliphatic heterocycles. The number of carbonyl (C=O) groups is 1. The van der Waals surface area contributed by atoms with Crippen LogP contribution >= 0.6 is 34.5 Å². The average molecular weight is 686 g/mol. The van der Waals surface area contributed by atoms with E-state index in [1.165, 1.54) is 11.3 Å². The minimum atomic E-state index is -0.807. The van der Waals surface area contributed by atoms with Crippen LogP contribution in [0.4, 0.5) is 0 Å². The fourth-order valence-corrected chi connectivity index (χ4v) is 6.61. The quantitative estimate of drug-likeness (QED) is 0.145. The predicted molar refractivity (Wildman–Crippen MR) is 186 cm³/mol. The van der Waals surface area contributed by atoms with Gasteiger partial charge in [0.05, 0.1) is 35.1 Å². The summed E-state index contributed by atoms with van der Waals surface area (Å²) in [6, 6.07) is 28.7. The van der Waals surface area contributed by atoms with Crippen molar-refractivity contribution in [3.05, 3.63) is 155 Å². The molecule has 7 nitrogen and oxygen atoms in total. The van der Waals surface area contributed by atoms with Crippen molar-refractivity contribution < 1.29 is 19.0 Å².